The minimum absolute atomic E-state index is 0.129. The predicted molar refractivity (Wildman–Crippen MR) is 117 cm³/mol. The van der Waals surface area contributed by atoms with Crippen LogP contribution < -0.4 is 0 Å². The van der Waals surface area contributed by atoms with Crippen LogP contribution in [-0.2, 0) is 29.0 Å². The fraction of sp³-hybridized carbons (Fsp3) is 0.269. The second kappa shape index (κ2) is 11.3. The number of carbonyl (C=O) groups is 1. The number of hydrogen-bond acceptors (Lipinski definition) is 4. The number of ether oxygens (including phenoxy) is 1. The van der Waals surface area contributed by atoms with Crippen LogP contribution in [0, 0.1) is 5.92 Å². The molecule has 0 saturated heterocycles. The van der Waals surface area contributed by atoms with Crippen molar-refractivity contribution in [1.29, 1.82) is 0 Å². The Kier molecular flexibility index (Phi) is 8.19. The first kappa shape index (κ1) is 21.8. The zero-order valence-corrected chi connectivity index (χ0v) is 17.0. The molecule has 2 unspecified atom stereocenters. The average molecular weight is 405 g/mol. The first-order valence-corrected chi connectivity index (χ1v) is 10.3. The molecular weight excluding hydrogens is 376 g/mol. The first-order valence-electron chi connectivity index (χ1n) is 10.3. The maximum atomic E-state index is 12.3. The van der Waals surface area contributed by atoms with Crippen molar-refractivity contribution in [2.45, 2.75) is 32.0 Å². The Balaban J connectivity index is 1.52. The number of aryl methyl sites for hydroxylation is 1. The highest BCUT2D eigenvalue weighted by Gasteiger charge is 2.27. The van der Waals surface area contributed by atoms with Crippen molar-refractivity contribution in [2.75, 3.05) is 6.61 Å². The molecule has 0 aromatic heterocycles. The van der Waals surface area contributed by atoms with Crippen LogP contribution in [0.15, 0.2) is 84.9 Å². The molecule has 156 valence electrons. The van der Waals surface area contributed by atoms with Crippen LogP contribution in [0.1, 0.15) is 28.7 Å². The van der Waals surface area contributed by atoms with E-state index in [1.54, 1.807) is 0 Å². The lowest BCUT2D eigenvalue weighted by Crippen LogP contribution is -2.33. The number of carbonyl (C=O) groups excluding carboxylic acids is 1. The minimum Gasteiger partial charge on any atom is -0.460 e. The van der Waals surface area contributed by atoms with Crippen LogP contribution >= 0.6 is 0 Å². The van der Waals surface area contributed by atoms with Crippen molar-refractivity contribution in [3.05, 3.63) is 107 Å². The molecule has 0 aliphatic rings. The van der Waals surface area contributed by atoms with Gasteiger partial charge in [-0.2, -0.15) is 0 Å². The average Bonchev–Trinajstić information content (AvgIpc) is 2.78. The second-order valence-electron chi connectivity index (χ2n) is 7.47. The third-order valence-corrected chi connectivity index (χ3v) is 5.16. The molecular formula is C26H28O4. The number of benzene rings is 3. The molecule has 0 aliphatic carbocycles. The Morgan fingerprint density at radius 3 is 2.07 bits per heavy atom. The minimum atomic E-state index is -0.962. The topological polar surface area (TPSA) is 66.8 Å². The van der Waals surface area contributed by atoms with E-state index in [1.807, 2.05) is 60.7 Å². The largest absolute Gasteiger partial charge is 0.460 e. The monoisotopic (exact) mass is 404 g/mol. The van der Waals surface area contributed by atoms with Crippen LogP contribution in [-0.4, -0.2) is 28.9 Å². The van der Waals surface area contributed by atoms with Gasteiger partial charge in [0.25, 0.3) is 0 Å². The van der Waals surface area contributed by atoms with Gasteiger partial charge in [0, 0.05) is 0 Å². The van der Waals surface area contributed by atoms with E-state index < -0.39 is 24.6 Å². The lowest BCUT2D eigenvalue weighted by molar-refractivity contribution is -0.156. The van der Waals surface area contributed by atoms with Gasteiger partial charge < -0.3 is 14.9 Å². The number of rotatable bonds is 10. The molecule has 2 atom stereocenters. The molecule has 3 aromatic carbocycles. The van der Waals surface area contributed by atoms with Gasteiger partial charge in [-0.3, -0.25) is 4.79 Å². The molecule has 0 saturated carbocycles. The van der Waals surface area contributed by atoms with E-state index >= 15 is 0 Å². The first-order chi connectivity index (χ1) is 14.7. The summed E-state index contributed by atoms with van der Waals surface area (Å²) >= 11 is 0. The highest BCUT2D eigenvalue weighted by molar-refractivity contribution is 5.73. The fourth-order valence-corrected chi connectivity index (χ4v) is 3.43. The second-order valence-corrected chi connectivity index (χ2v) is 7.47. The summed E-state index contributed by atoms with van der Waals surface area (Å²) in [7, 11) is 0. The van der Waals surface area contributed by atoms with Gasteiger partial charge in [0.05, 0.1) is 12.7 Å². The number of aliphatic hydroxyl groups is 2. The Morgan fingerprint density at radius 2 is 1.40 bits per heavy atom. The van der Waals surface area contributed by atoms with Gasteiger partial charge in [-0.15, -0.1) is 0 Å². The van der Waals surface area contributed by atoms with Gasteiger partial charge in [0.15, 0.2) is 0 Å². The summed E-state index contributed by atoms with van der Waals surface area (Å²) in [5.41, 5.74) is 4.41. The lowest BCUT2D eigenvalue weighted by Gasteiger charge is -2.20. The van der Waals surface area contributed by atoms with Crippen molar-refractivity contribution in [3.8, 4) is 0 Å². The molecule has 4 nitrogen and oxygen atoms in total. The van der Waals surface area contributed by atoms with E-state index in [9.17, 15) is 15.0 Å². The van der Waals surface area contributed by atoms with E-state index in [2.05, 4.69) is 24.3 Å². The van der Waals surface area contributed by atoms with Gasteiger partial charge in [-0.1, -0.05) is 84.9 Å². The fourth-order valence-electron chi connectivity index (χ4n) is 3.43. The Morgan fingerprint density at radius 1 is 0.800 bits per heavy atom. The van der Waals surface area contributed by atoms with Gasteiger partial charge in [-0.25, -0.2) is 0 Å². The standard InChI is InChI=1S/C26H28O4/c27-18-24(26(29)30-19-22-10-5-2-6-11-22)25(28)15-14-21-12-7-13-23(17-21)16-20-8-3-1-4-9-20/h1-13,17,24-25,27-28H,14-16,18-19H2. The van der Waals surface area contributed by atoms with Crippen molar-refractivity contribution >= 4 is 5.97 Å². The molecule has 2 N–H and O–H groups in total. The molecule has 0 bridgehead atoms. The molecule has 30 heavy (non-hydrogen) atoms. The zero-order chi connectivity index (χ0) is 21.2. The van der Waals surface area contributed by atoms with Gasteiger partial charge in [-0.05, 0) is 41.5 Å². The summed E-state index contributed by atoms with van der Waals surface area (Å²) in [6.07, 6.45) is 0.880. The SMILES string of the molecule is O=C(OCc1ccccc1)C(CO)C(O)CCc1cccc(Cc2ccccc2)c1. The third-order valence-electron chi connectivity index (χ3n) is 5.16. The van der Waals surface area contributed by atoms with Crippen molar-refractivity contribution < 1.29 is 19.7 Å². The molecule has 3 rings (SSSR count). The molecule has 0 radical (unpaired) electrons. The zero-order valence-electron chi connectivity index (χ0n) is 17.0. The molecule has 4 heteroatoms. The summed E-state index contributed by atoms with van der Waals surface area (Å²) < 4.78 is 5.28. The van der Waals surface area contributed by atoms with Crippen LogP contribution in [0.25, 0.3) is 0 Å². The van der Waals surface area contributed by atoms with Crippen molar-refractivity contribution in [1.82, 2.24) is 0 Å². The molecule has 0 fully saturated rings. The van der Waals surface area contributed by atoms with Crippen molar-refractivity contribution in [3.63, 3.8) is 0 Å². The maximum Gasteiger partial charge on any atom is 0.314 e. The summed E-state index contributed by atoms with van der Waals surface area (Å²) in [5, 5.41) is 20.1. The van der Waals surface area contributed by atoms with Crippen LogP contribution in [0.2, 0.25) is 0 Å². The van der Waals surface area contributed by atoms with E-state index in [1.165, 1.54) is 11.1 Å². The van der Waals surface area contributed by atoms with E-state index in [0.717, 1.165) is 17.5 Å². The third kappa shape index (κ3) is 6.55. The summed E-state index contributed by atoms with van der Waals surface area (Å²) in [5.74, 6) is -1.52. The van der Waals surface area contributed by atoms with E-state index in [-0.39, 0.29) is 6.61 Å². The normalized spacial score (nSPS) is 12.9. The van der Waals surface area contributed by atoms with Crippen LogP contribution in [0.5, 0.6) is 0 Å². The Bertz CT molecular complexity index is 909. The summed E-state index contributed by atoms with van der Waals surface area (Å²) in [4.78, 5) is 12.3. The number of esters is 1. The van der Waals surface area contributed by atoms with Crippen LogP contribution in [0.3, 0.4) is 0 Å². The summed E-state index contributed by atoms with van der Waals surface area (Å²) in [6.45, 7) is -0.312. The highest BCUT2D eigenvalue weighted by atomic mass is 16.5. The van der Waals surface area contributed by atoms with Gasteiger partial charge in [0.2, 0.25) is 0 Å². The lowest BCUT2D eigenvalue weighted by atomic mass is 9.95. The van der Waals surface area contributed by atoms with E-state index in [0.29, 0.717) is 12.8 Å². The molecule has 3 aromatic rings. The maximum absolute atomic E-state index is 12.3. The molecule has 0 heterocycles. The van der Waals surface area contributed by atoms with Crippen LogP contribution in [0.4, 0.5) is 0 Å². The van der Waals surface area contributed by atoms with E-state index in [4.69, 9.17) is 4.74 Å². The van der Waals surface area contributed by atoms with Gasteiger partial charge in [0.1, 0.15) is 12.5 Å². The molecule has 0 aliphatic heterocycles. The van der Waals surface area contributed by atoms with Gasteiger partial charge >= 0.3 is 5.97 Å². The molecule has 0 spiro atoms. The Hall–Kier alpha value is -2.95. The number of hydrogen-bond donors (Lipinski definition) is 2. The highest BCUT2D eigenvalue weighted by Crippen LogP contribution is 2.17. The quantitative estimate of drug-likeness (QED) is 0.503. The number of aliphatic hydroxyl groups excluding tert-OH is 2. The summed E-state index contributed by atoms with van der Waals surface area (Å²) in [6, 6.07) is 27.9. The molecule has 0 amide bonds. The van der Waals surface area contributed by atoms with Crippen molar-refractivity contribution in [2.24, 2.45) is 5.92 Å². The Labute approximate surface area is 177 Å². The predicted octanol–water partition coefficient (Wildman–Crippen LogP) is 3.92. The smallest absolute Gasteiger partial charge is 0.314 e.